The predicted octanol–water partition coefficient (Wildman–Crippen LogP) is 4.79. The highest BCUT2D eigenvalue weighted by atomic mass is 35.5. The lowest BCUT2D eigenvalue weighted by atomic mass is 9.96. The first kappa shape index (κ1) is 32.6. The zero-order valence-corrected chi connectivity index (χ0v) is 26.4. The second-order valence-corrected chi connectivity index (χ2v) is 11.7. The van der Waals surface area contributed by atoms with E-state index in [1.165, 1.54) is 32.2 Å². The summed E-state index contributed by atoms with van der Waals surface area (Å²) in [6.07, 6.45) is -0.0796. The number of hydrogen-bond donors (Lipinski definition) is 3. The standard InChI is InChI=1S/C32H33Cl2FN4O6/c1-38-15-22(31(42)39(2)32(38)43)30(41)37-25-9-5-8-20(29(25)34)19-7-4-6-18(28(19)33)17-12-23(35)21(27(13-17)44-3)14-36-24-10-11-45-16-26(24)40/h4-9,12-13,22,24,26,36,40H,10-11,14-16H2,1-3H3,(H,37,41)/t22?,24-,26+/m1/s1. The Balaban J connectivity index is 1.41. The molecule has 2 fully saturated rings. The summed E-state index contributed by atoms with van der Waals surface area (Å²) in [5, 5.41) is 16.6. The molecule has 5 rings (SSSR count). The Hall–Kier alpha value is -3.74. The summed E-state index contributed by atoms with van der Waals surface area (Å²) >= 11 is 13.7. The lowest BCUT2D eigenvalue weighted by Crippen LogP contribution is -2.56. The van der Waals surface area contributed by atoms with Gasteiger partial charge in [0.1, 0.15) is 17.5 Å². The van der Waals surface area contributed by atoms with Gasteiger partial charge in [0.25, 0.3) is 0 Å². The van der Waals surface area contributed by atoms with E-state index in [-0.39, 0.29) is 36.4 Å². The maximum atomic E-state index is 15.5. The third-order valence-electron chi connectivity index (χ3n) is 8.11. The van der Waals surface area contributed by atoms with Gasteiger partial charge in [0.05, 0.1) is 35.6 Å². The highest BCUT2D eigenvalue weighted by molar-refractivity contribution is 6.39. The molecule has 3 aromatic rings. The van der Waals surface area contributed by atoms with Crippen molar-refractivity contribution in [3.05, 3.63) is 70.0 Å². The van der Waals surface area contributed by atoms with Gasteiger partial charge in [-0.1, -0.05) is 53.5 Å². The minimum Gasteiger partial charge on any atom is -0.496 e. The minimum absolute atomic E-state index is 0.0641. The first-order chi connectivity index (χ1) is 21.5. The highest BCUT2D eigenvalue weighted by Crippen LogP contribution is 2.42. The molecule has 3 aromatic carbocycles. The highest BCUT2D eigenvalue weighted by Gasteiger charge is 2.39. The molecule has 2 heterocycles. The van der Waals surface area contributed by atoms with Gasteiger partial charge in [-0.2, -0.15) is 0 Å². The lowest BCUT2D eigenvalue weighted by molar-refractivity contribution is -0.140. The van der Waals surface area contributed by atoms with Crippen molar-refractivity contribution in [3.63, 3.8) is 0 Å². The summed E-state index contributed by atoms with van der Waals surface area (Å²) in [5.41, 5.74) is 2.62. The number of anilines is 1. The van der Waals surface area contributed by atoms with Crippen LogP contribution >= 0.6 is 23.2 Å². The average molecular weight is 660 g/mol. The van der Waals surface area contributed by atoms with Gasteiger partial charge in [0, 0.05) is 62.1 Å². The fraction of sp³-hybridized carbons (Fsp3) is 0.344. The molecule has 1 unspecified atom stereocenters. The van der Waals surface area contributed by atoms with Crippen LogP contribution in [0.25, 0.3) is 22.3 Å². The molecule has 3 atom stereocenters. The second kappa shape index (κ2) is 13.7. The Morgan fingerprint density at radius 1 is 1.09 bits per heavy atom. The minimum atomic E-state index is -1.10. The number of imide groups is 1. The van der Waals surface area contributed by atoms with Crippen molar-refractivity contribution in [2.24, 2.45) is 5.92 Å². The van der Waals surface area contributed by atoms with Gasteiger partial charge >= 0.3 is 6.03 Å². The van der Waals surface area contributed by atoms with Crippen molar-refractivity contribution in [3.8, 4) is 28.0 Å². The van der Waals surface area contributed by atoms with Gasteiger partial charge in [-0.15, -0.1) is 0 Å². The summed E-state index contributed by atoms with van der Waals surface area (Å²) < 4.78 is 26.3. The van der Waals surface area contributed by atoms with Gasteiger partial charge in [0.2, 0.25) is 11.8 Å². The van der Waals surface area contributed by atoms with Crippen LogP contribution in [0.5, 0.6) is 5.75 Å². The van der Waals surface area contributed by atoms with Crippen molar-refractivity contribution in [2.45, 2.75) is 25.1 Å². The Kier molecular flexibility index (Phi) is 9.95. The van der Waals surface area contributed by atoms with Crippen LogP contribution < -0.4 is 15.4 Å². The molecule has 2 aliphatic rings. The van der Waals surface area contributed by atoms with E-state index in [4.69, 9.17) is 32.7 Å². The van der Waals surface area contributed by atoms with Crippen LogP contribution in [0.3, 0.4) is 0 Å². The smallest absolute Gasteiger partial charge is 0.326 e. The number of nitrogens with one attached hydrogen (secondary N) is 2. The number of benzene rings is 3. The average Bonchev–Trinajstić information content (AvgIpc) is 3.02. The molecule has 2 saturated heterocycles. The molecule has 3 N–H and O–H groups in total. The van der Waals surface area contributed by atoms with Crippen LogP contribution in [-0.4, -0.2) is 85.9 Å². The van der Waals surface area contributed by atoms with Gasteiger partial charge < -0.3 is 30.1 Å². The number of halogens is 3. The maximum Gasteiger partial charge on any atom is 0.326 e. The number of amides is 4. The van der Waals surface area contributed by atoms with Gasteiger partial charge in [-0.05, 0) is 30.2 Å². The number of aliphatic hydroxyl groups excluding tert-OH is 1. The molecule has 0 aliphatic carbocycles. The van der Waals surface area contributed by atoms with Crippen molar-refractivity contribution in [2.75, 3.05) is 46.3 Å². The monoisotopic (exact) mass is 658 g/mol. The van der Waals surface area contributed by atoms with Crippen LogP contribution in [0, 0.1) is 11.7 Å². The number of hydrogen-bond acceptors (Lipinski definition) is 7. The van der Waals surface area contributed by atoms with Gasteiger partial charge in [-0.25, -0.2) is 9.18 Å². The van der Waals surface area contributed by atoms with E-state index < -0.39 is 35.7 Å². The topological polar surface area (TPSA) is 120 Å². The summed E-state index contributed by atoms with van der Waals surface area (Å²) in [6.45, 7) is 0.820. The molecule has 4 amide bonds. The number of aliphatic hydroxyl groups is 1. The number of carbonyl (C=O) groups is 3. The maximum absolute atomic E-state index is 15.5. The van der Waals surface area contributed by atoms with Crippen LogP contribution in [-0.2, 0) is 20.9 Å². The number of carbonyl (C=O) groups excluding carboxylic acids is 3. The second-order valence-electron chi connectivity index (χ2n) is 11.0. The zero-order chi connectivity index (χ0) is 32.4. The SMILES string of the molecule is COc1cc(-c2cccc(-c3cccc(NC(=O)C4CN(C)C(=O)N(C)C4=O)c3Cl)c2Cl)cc(F)c1CN[C@@H]1CCOC[C@@H]1O. The molecule has 10 nitrogen and oxygen atoms in total. The molecule has 13 heteroatoms. The molecule has 238 valence electrons. The molecule has 45 heavy (non-hydrogen) atoms. The summed E-state index contributed by atoms with van der Waals surface area (Å²) in [5.74, 6) is -2.50. The first-order valence-electron chi connectivity index (χ1n) is 14.3. The summed E-state index contributed by atoms with van der Waals surface area (Å²) in [7, 11) is 4.30. The molecule has 2 aliphatic heterocycles. The molecular formula is C32H33Cl2FN4O6. The molecule has 0 bridgehead atoms. The molecule has 0 spiro atoms. The number of ether oxygens (including phenoxy) is 2. The number of methoxy groups -OCH3 is 1. The largest absolute Gasteiger partial charge is 0.496 e. The zero-order valence-electron chi connectivity index (χ0n) is 24.9. The fourth-order valence-electron chi connectivity index (χ4n) is 5.54. The fourth-order valence-corrected chi connectivity index (χ4v) is 6.16. The molecule has 0 radical (unpaired) electrons. The Morgan fingerprint density at radius 2 is 1.78 bits per heavy atom. The predicted molar refractivity (Wildman–Crippen MR) is 169 cm³/mol. The van der Waals surface area contributed by atoms with Gasteiger partial charge in [0.15, 0.2) is 0 Å². The van der Waals surface area contributed by atoms with E-state index in [9.17, 15) is 19.5 Å². The Labute approximate surface area is 270 Å². The summed E-state index contributed by atoms with van der Waals surface area (Å²) in [6, 6.07) is 12.6. The molecular weight excluding hydrogens is 626 g/mol. The van der Waals surface area contributed by atoms with Crippen LogP contribution in [0.15, 0.2) is 48.5 Å². The van der Waals surface area contributed by atoms with E-state index >= 15 is 4.39 Å². The summed E-state index contributed by atoms with van der Waals surface area (Å²) in [4.78, 5) is 40.0. The third-order valence-corrected chi connectivity index (χ3v) is 8.93. The van der Waals surface area contributed by atoms with E-state index in [1.807, 2.05) is 0 Å². The normalized spacial score (nSPS) is 20.4. The van der Waals surface area contributed by atoms with Crippen molar-refractivity contribution >= 4 is 46.7 Å². The van der Waals surface area contributed by atoms with Crippen LogP contribution in [0.4, 0.5) is 14.9 Å². The van der Waals surface area contributed by atoms with Crippen molar-refractivity contribution < 1.29 is 33.4 Å². The first-order valence-corrected chi connectivity index (χ1v) is 15.0. The van der Waals surface area contributed by atoms with E-state index in [0.29, 0.717) is 51.6 Å². The number of nitrogens with zero attached hydrogens (tertiary/aromatic N) is 2. The van der Waals surface area contributed by atoms with Crippen LogP contribution in [0.1, 0.15) is 12.0 Å². The van der Waals surface area contributed by atoms with E-state index in [1.54, 1.807) is 42.5 Å². The molecule has 0 saturated carbocycles. The quantitative estimate of drug-likeness (QED) is 0.298. The van der Waals surface area contributed by atoms with Crippen LogP contribution in [0.2, 0.25) is 10.0 Å². The van der Waals surface area contributed by atoms with E-state index in [2.05, 4.69) is 10.6 Å². The van der Waals surface area contributed by atoms with Crippen molar-refractivity contribution in [1.29, 1.82) is 0 Å². The van der Waals surface area contributed by atoms with E-state index in [0.717, 1.165) is 4.90 Å². The Bertz CT molecular complexity index is 1640. The number of rotatable bonds is 8. The molecule has 0 aromatic heterocycles. The Morgan fingerprint density at radius 3 is 2.49 bits per heavy atom. The third kappa shape index (κ3) is 6.63. The van der Waals surface area contributed by atoms with Crippen molar-refractivity contribution in [1.82, 2.24) is 15.1 Å². The van der Waals surface area contributed by atoms with Gasteiger partial charge in [-0.3, -0.25) is 14.5 Å². The number of urea groups is 1. The lowest BCUT2D eigenvalue weighted by Gasteiger charge is -2.33.